The molecule has 0 fully saturated rings. The van der Waals surface area contributed by atoms with Crippen LogP contribution in [0.4, 0.5) is 17.6 Å². The highest BCUT2D eigenvalue weighted by atomic mass is 19.4. The average Bonchev–Trinajstić information content (AvgIpc) is 2.13. The van der Waals surface area contributed by atoms with Gasteiger partial charge in [-0.25, -0.2) is 4.39 Å². The fraction of sp³-hybridized carbons (Fsp3) is 0.100. The maximum absolute atomic E-state index is 13.1. The molecule has 0 spiro atoms. The lowest BCUT2D eigenvalue weighted by molar-refractivity contribution is -0.138. The molecule has 0 atom stereocenters. The molecule has 1 aromatic rings. The number of hydrogen-bond acceptors (Lipinski definition) is 1. The number of nitrogens with two attached hydrogens (primary N) is 1. The Hall–Kier alpha value is -1.85. The largest absolute Gasteiger partial charge is 0.417 e. The highest BCUT2D eigenvalue weighted by Crippen LogP contribution is 2.33. The molecule has 0 radical (unpaired) electrons. The minimum absolute atomic E-state index is 0.674. The Bertz CT molecular complexity index is 437. The monoisotopic (exact) mass is 233 g/mol. The van der Waals surface area contributed by atoms with E-state index in [2.05, 4.69) is 0 Å². The number of halogens is 4. The van der Waals surface area contributed by atoms with Crippen molar-refractivity contribution in [3.63, 3.8) is 0 Å². The van der Waals surface area contributed by atoms with Crippen molar-refractivity contribution < 1.29 is 22.4 Å². The van der Waals surface area contributed by atoms with Crippen LogP contribution in [0, 0.1) is 5.82 Å². The minimum atomic E-state index is -4.68. The summed E-state index contributed by atoms with van der Waals surface area (Å²) in [5.74, 6) is -2.01. The lowest BCUT2D eigenvalue weighted by Gasteiger charge is -2.10. The number of primary amides is 1. The fourth-order valence-corrected chi connectivity index (χ4v) is 1.12. The molecule has 0 aliphatic rings. The van der Waals surface area contributed by atoms with E-state index in [0.717, 1.165) is 18.2 Å². The Morgan fingerprint density at radius 2 is 1.94 bits per heavy atom. The average molecular weight is 233 g/mol. The second-order valence-corrected chi connectivity index (χ2v) is 2.93. The third-order valence-electron chi connectivity index (χ3n) is 1.77. The quantitative estimate of drug-likeness (QED) is 0.618. The zero-order chi connectivity index (χ0) is 12.3. The smallest absolute Gasteiger partial charge is 0.366 e. The van der Waals surface area contributed by atoms with E-state index in [9.17, 15) is 22.4 Å². The van der Waals surface area contributed by atoms with E-state index < -0.39 is 29.0 Å². The van der Waals surface area contributed by atoms with Gasteiger partial charge in [0, 0.05) is 11.6 Å². The van der Waals surface area contributed by atoms with Crippen LogP contribution in [0.1, 0.15) is 11.1 Å². The summed E-state index contributed by atoms with van der Waals surface area (Å²) in [7, 11) is 0. The molecule has 16 heavy (non-hydrogen) atoms. The van der Waals surface area contributed by atoms with Crippen molar-refractivity contribution in [1.29, 1.82) is 0 Å². The third kappa shape index (κ3) is 2.82. The number of benzene rings is 1. The topological polar surface area (TPSA) is 43.1 Å². The maximum atomic E-state index is 13.1. The van der Waals surface area contributed by atoms with Crippen molar-refractivity contribution in [2.24, 2.45) is 5.73 Å². The number of hydrogen-bond donors (Lipinski definition) is 1. The number of carbonyl (C=O) groups is 1. The predicted octanol–water partition coefficient (Wildman–Crippen LogP) is 2.34. The summed E-state index contributed by atoms with van der Waals surface area (Å²) in [5, 5.41) is 0. The maximum Gasteiger partial charge on any atom is 0.417 e. The highest BCUT2D eigenvalue weighted by molar-refractivity contribution is 5.90. The van der Waals surface area contributed by atoms with Crippen molar-refractivity contribution in [2.75, 3.05) is 0 Å². The van der Waals surface area contributed by atoms with Crippen LogP contribution < -0.4 is 5.73 Å². The van der Waals surface area contributed by atoms with Gasteiger partial charge >= 0.3 is 6.18 Å². The summed E-state index contributed by atoms with van der Waals surface area (Å²) >= 11 is 0. The predicted molar refractivity (Wildman–Crippen MR) is 49.6 cm³/mol. The minimum Gasteiger partial charge on any atom is -0.366 e. The molecule has 1 amide bonds. The Labute approximate surface area is 88.4 Å². The lowest BCUT2D eigenvalue weighted by atomic mass is 10.1. The normalized spacial score (nSPS) is 12.0. The first-order valence-electron chi connectivity index (χ1n) is 4.15. The van der Waals surface area contributed by atoms with Gasteiger partial charge in [-0.2, -0.15) is 13.2 Å². The van der Waals surface area contributed by atoms with Gasteiger partial charge in [-0.15, -0.1) is 0 Å². The Morgan fingerprint density at radius 1 is 1.31 bits per heavy atom. The summed E-state index contributed by atoms with van der Waals surface area (Å²) < 4.78 is 50.4. The molecular formula is C10H7F4NO. The van der Waals surface area contributed by atoms with Gasteiger partial charge in [-0.05, 0) is 18.2 Å². The molecule has 6 heteroatoms. The molecule has 0 bridgehead atoms. The van der Waals surface area contributed by atoms with Crippen LogP contribution >= 0.6 is 0 Å². The SMILES string of the molecule is NC(=O)/C=C/c1c(F)cccc1C(F)(F)F. The van der Waals surface area contributed by atoms with Gasteiger partial charge in [0.15, 0.2) is 0 Å². The van der Waals surface area contributed by atoms with E-state index in [1.807, 2.05) is 0 Å². The molecule has 0 aromatic heterocycles. The summed E-state index contributed by atoms with van der Waals surface area (Å²) in [6, 6.07) is 2.54. The van der Waals surface area contributed by atoms with Crippen molar-refractivity contribution in [1.82, 2.24) is 0 Å². The van der Waals surface area contributed by atoms with Crippen LogP contribution in [0.2, 0.25) is 0 Å². The molecule has 0 aliphatic heterocycles. The molecular weight excluding hydrogens is 226 g/mol. The van der Waals surface area contributed by atoms with Crippen molar-refractivity contribution >= 4 is 12.0 Å². The van der Waals surface area contributed by atoms with E-state index in [4.69, 9.17) is 5.73 Å². The van der Waals surface area contributed by atoms with Crippen molar-refractivity contribution in [3.05, 3.63) is 41.2 Å². The molecule has 86 valence electrons. The van der Waals surface area contributed by atoms with Gasteiger partial charge in [0.05, 0.1) is 5.56 Å². The third-order valence-corrected chi connectivity index (χ3v) is 1.77. The van der Waals surface area contributed by atoms with Gasteiger partial charge in [0.1, 0.15) is 5.82 Å². The van der Waals surface area contributed by atoms with Gasteiger partial charge in [-0.3, -0.25) is 4.79 Å². The number of alkyl halides is 3. The zero-order valence-electron chi connectivity index (χ0n) is 7.88. The number of rotatable bonds is 2. The summed E-state index contributed by atoms with van der Waals surface area (Å²) in [6.07, 6.45) is -3.30. The molecule has 0 saturated heterocycles. The zero-order valence-corrected chi connectivity index (χ0v) is 7.88. The van der Waals surface area contributed by atoms with Gasteiger partial charge in [-0.1, -0.05) is 6.07 Å². The second kappa shape index (κ2) is 4.34. The van der Waals surface area contributed by atoms with Crippen molar-refractivity contribution in [2.45, 2.75) is 6.18 Å². The highest BCUT2D eigenvalue weighted by Gasteiger charge is 2.33. The molecule has 0 unspecified atom stereocenters. The van der Waals surface area contributed by atoms with Crippen LogP contribution in [0.15, 0.2) is 24.3 Å². The van der Waals surface area contributed by atoms with E-state index >= 15 is 0 Å². The molecule has 0 aliphatic carbocycles. The standard InChI is InChI=1S/C10H7F4NO/c11-8-3-1-2-7(10(12,13)14)6(8)4-5-9(15)16/h1-5H,(H2,15,16)/b5-4+. The number of carbonyl (C=O) groups excluding carboxylic acids is 1. The first-order valence-corrected chi connectivity index (χ1v) is 4.15. The Morgan fingerprint density at radius 3 is 2.44 bits per heavy atom. The van der Waals surface area contributed by atoms with Crippen LogP contribution in [0.25, 0.3) is 6.08 Å². The lowest BCUT2D eigenvalue weighted by Crippen LogP contribution is -2.09. The first kappa shape index (κ1) is 12.2. The second-order valence-electron chi connectivity index (χ2n) is 2.93. The molecule has 2 N–H and O–H groups in total. The summed E-state index contributed by atoms with van der Waals surface area (Å²) in [6.45, 7) is 0. The van der Waals surface area contributed by atoms with Gasteiger partial charge in [0.2, 0.25) is 5.91 Å². The molecule has 1 aromatic carbocycles. The van der Waals surface area contributed by atoms with E-state index in [1.54, 1.807) is 0 Å². The Kier molecular flexibility index (Phi) is 3.31. The summed E-state index contributed by atoms with van der Waals surface area (Å²) in [5.41, 5.74) is 2.87. The summed E-state index contributed by atoms with van der Waals surface area (Å²) in [4.78, 5) is 10.4. The van der Waals surface area contributed by atoms with Gasteiger partial charge in [0.25, 0.3) is 0 Å². The van der Waals surface area contributed by atoms with Crippen LogP contribution in [0.3, 0.4) is 0 Å². The molecule has 0 saturated carbocycles. The van der Waals surface area contributed by atoms with E-state index in [0.29, 0.717) is 12.2 Å². The van der Waals surface area contributed by atoms with Crippen LogP contribution in [0.5, 0.6) is 0 Å². The van der Waals surface area contributed by atoms with Crippen LogP contribution in [-0.2, 0) is 11.0 Å². The number of amides is 1. The van der Waals surface area contributed by atoms with E-state index in [-0.39, 0.29) is 0 Å². The van der Waals surface area contributed by atoms with Gasteiger partial charge < -0.3 is 5.73 Å². The van der Waals surface area contributed by atoms with E-state index in [1.165, 1.54) is 0 Å². The molecule has 2 nitrogen and oxygen atoms in total. The van der Waals surface area contributed by atoms with Crippen LogP contribution in [-0.4, -0.2) is 5.91 Å². The molecule has 0 heterocycles. The van der Waals surface area contributed by atoms with Crippen molar-refractivity contribution in [3.8, 4) is 0 Å². The Balaban J connectivity index is 3.30. The fourth-order valence-electron chi connectivity index (χ4n) is 1.12. The molecule has 1 rings (SSSR count). The first-order chi connectivity index (χ1) is 7.32.